The number of amides is 1. The van der Waals surface area contributed by atoms with Crippen molar-refractivity contribution in [1.29, 1.82) is 0 Å². The van der Waals surface area contributed by atoms with Crippen LogP contribution in [0.4, 0.5) is 23.0 Å². The molecule has 1 fully saturated rings. The minimum Gasteiger partial charge on any atom is -0.409 e. The second-order valence-corrected chi connectivity index (χ2v) is 16.5. The first-order chi connectivity index (χ1) is 16.9. The van der Waals surface area contributed by atoms with Gasteiger partial charge in [-0.2, -0.15) is 0 Å². The summed E-state index contributed by atoms with van der Waals surface area (Å²) < 4.78 is 11.9. The van der Waals surface area contributed by atoms with Crippen LogP contribution in [0.2, 0.25) is 18.1 Å². The van der Waals surface area contributed by atoms with Crippen molar-refractivity contribution in [2.24, 2.45) is 0 Å². The van der Waals surface area contributed by atoms with Gasteiger partial charge in [0.05, 0.1) is 36.5 Å². The van der Waals surface area contributed by atoms with Gasteiger partial charge < -0.3 is 19.4 Å². The predicted octanol–water partition coefficient (Wildman–Crippen LogP) is 5.22. The first-order valence-corrected chi connectivity index (χ1v) is 15.8. The quantitative estimate of drug-likeness (QED) is 0.510. The molecule has 0 atom stereocenters. The second-order valence-electron chi connectivity index (χ2n) is 11.6. The van der Waals surface area contributed by atoms with Crippen molar-refractivity contribution < 1.29 is 14.0 Å². The van der Waals surface area contributed by atoms with Crippen molar-refractivity contribution in [2.75, 3.05) is 48.0 Å². The Kier molecular flexibility index (Phi) is 7.20. The summed E-state index contributed by atoms with van der Waals surface area (Å²) in [7, 11) is -1.99. The number of morpholine rings is 1. The summed E-state index contributed by atoms with van der Waals surface area (Å²) in [5, 5.41) is 3.47. The van der Waals surface area contributed by atoms with E-state index in [9.17, 15) is 4.79 Å². The summed E-state index contributed by atoms with van der Waals surface area (Å²) in [4.78, 5) is 27.6. The summed E-state index contributed by atoms with van der Waals surface area (Å²) in [6.07, 6.45) is 0. The second kappa shape index (κ2) is 9.76. The van der Waals surface area contributed by atoms with E-state index in [2.05, 4.69) is 56.2 Å². The summed E-state index contributed by atoms with van der Waals surface area (Å²) in [6, 6.07) is 8.17. The number of nitrogens with one attached hydrogen (secondary N) is 1. The highest BCUT2D eigenvalue weighted by molar-refractivity contribution is 6.74. The van der Waals surface area contributed by atoms with Crippen molar-refractivity contribution in [2.45, 2.75) is 71.7 Å². The molecule has 1 amide bonds. The first-order valence-electron chi connectivity index (χ1n) is 12.9. The number of fused-ring (bicyclic) bond motifs is 1. The van der Waals surface area contributed by atoms with E-state index >= 15 is 0 Å². The monoisotopic (exact) mass is 511 g/mol. The van der Waals surface area contributed by atoms with E-state index < -0.39 is 13.7 Å². The molecule has 0 aliphatic carbocycles. The van der Waals surface area contributed by atoms with E-state index in [1.54, 1.807) is 4.90 Å². The van der Waals surface area contributed by atoms with Crippen LogP contribution in [0.5, 0.6) is 0 Å². The van der Waals surface area contributed by atoms with Gasteiger partial charge in [0, 0.05) is 25.3 Å². The smallest absolute Gasteiger partial charge is 0.243 e. The molecular weight excluding hydrogens is 470 g/mol. The Balaban J connectivity index is 1.72. The molecule has 1 N–H and O–H groups in total. The van der Waals surface area contributed by atoms with Gasteiger partial charge in [-0.15, -0.1) is 0 Å². The van der Waals surface area contributed by atoms with Gasteiger partial charge in [0.15, 0.2) is 14.1 Å². The van der Waals surface area contributed by atoms with Crippen LogP contribution >= 0.6 is 0 Å². The predicted molar refractivity (Wildman–Crippen MR) is 148 cm³/mol. The number of benzene rings is 1. The number of rotatable bonds is 7. The Morgan fingerprint density at radius 1 is 1.08 bits per heavy atom. The molecule has 1 saturated heterocycles. The van der Waals surface area contributed by atoms with E-state index in [1.807, 2.05) is 32.9 Å². The largest absolute Gasteiger partial charge is 0.409 e. The molecule has 0 radical (unpaired) electrons. The van der Waals surface area contributed by atoms with Gasteiger partial charge in [-0.25, -0.2) is 9.97 Å². The number of carbonyl (C=O) groups excluding carboxylic acids is 1. The zero-order chi connectivity index (χ0) is 26.3. The number of nitrogens with zero attached hydrogens (tertiary/aromatic N) is 4. The van der Waals surface area contributed by atoms with Gasteiger partial charge in [0.1, 0.15) is 11.6 Å². The van der Waals surface area contributed by atoms with Gasteiger partial charge in [0.2, 0.25) is 5.91 Å². The fraction of sp³-hybridized carbons (Fsp3) is 0.593. The maximum atomic E-state index is 13.8. The van der Waals surface area contributed by atoms with Crippen LogP contribution in [0.25, 0.3) is 0 Å². The van der Waals surface area contributed by atoms with Gasteiger partial charge in [-0.05, 0) is 63.2 Å². The highest BCUT2D eigenvalue weighted by Gasteiger charge is 2.48. The van der Waals surface area contributed by atoms with Crippen molar-refractivity contribution in [3.05, 3.63) is 35.7 Å². The van der Waals surface area contributed by atoms with E-state index in [-0.39, 0.29) is 10.9 Å². The summed E-state index contributed by atoms with van der Waals surface area (Å²) in [6.45, 7) is 21.3. The van der Waals surface area contributed by atoms with Crippen molar-refractivity contribution in [3.63, 3.8) is 0 Å². The topological polar surface area (TPSA) is 79.8 Å². The molecule has 0 unspecified atom stereocenters. The van der Waals surface area contributed by atoms with E-state index in [1.165, 1.54) is 0 Å². The average molecular weight is 512 g/mol. The molecule has 36 heavy (non-hydrogen) atoms. The molecular formula is C27H41N5O3Si. The summed E-state index contributed by atoms with van der Waals surface area (Å²) >= 11 is 0. The number of anilines is 4. The van der Waals surface area contributed by atoms with Crippen LogP contribution in [0.3, 0.4) is 0 Å². The zero-order valence-electron chi connectivity index (χ0n) is 23.1. The molecule has 196 valence electrons. The van der Waals surface area contributed by atoms with Crippen LogP contribution in [0.15, 0.2) is 24.3 Å². The van der Waals surface area contributed by atoms with Crippen molar-refractivity contribution in [3.8, 4) is 0 Å². The van der Waals surface area contributed by atoms with Gasteiger partial charge in [-0.3, -0.25) is 9.69 Å². The number of carbonyl (C=O) groups is 1. The molecule has 1 aromatic carbocycles. The van der Waals surface area contributed by atoms with Crippen molar-refractivity contribution in [1.82, 2.24) is 9.97 Å². The fourth-order valence-corrected chi connectivity index (χ4v) is 5.33. The highest BCUT2D eigenvalue weighted by atomic mass is 28.4. The molecule has 9 heteroatoms. The van der Waals surface area contributed by atoms with E-state index in [4.69, 9.17) is 19.1 Å². The Bertz CT molecular complexity index is 1110. The molecule has 2 aliphatic rings. The fourth-order valence-electron chi connectivity index (χ4n) is 4.41. The first kappa shape index (κ1) is 26.6. The Morgan fingerprint density at radius 3 is 2.28 bits per heavy atom. The van der Waals surface area contributed by atoms with Crippen LogP contribution in [-0.4, -0.2) is 57.0 Å². The Hall–Kier alpha value is -2.49. The molecule has 0 saturated carbocycles. The summed E-state index contributed by atoms with van der Waals surface area (Å²) in [5.41, 5.74) is 2.02. The van der Waals surface area contributed by atoms with E-state index in [0.29, 0.717) is 30.6 Å². The molecule has 0 spiro atoms. The standard InChI is InChI=1S/C27H41N5O3Si/c1-9-28-23-22-24(30-21(29-23)18-35-36(7,8)26(2,3)4)32(25(33)27(22,5)6)20-12-10-19(11-13-20)31-14-16-34-17-15-31/h10-13H,9,14-18H2,1-8H3,(H,28,29,30). The molecule has 1 aromatic heterocycles. The van der Waals surface area contributed by atoms with E-state index in [0.717, 1.165) is 43.2 Å². The third-order valence-electron chi connectivity index (χ3n) is 7.71. The van der Waals surface area contributed by atoms with Crippen LogP contribution in [0, 0.1) is 0 Å². The molecule has 8 nitrogen and oxygen atoms in total. The van der Waals surface area contributed by atoms with Gasteiger partial charge >= 0.3 is 0 Å². The maximum Gasteiger partial charge on any atom is 0.243 e. The van der Waals surface area contributed by atoms with Gasteiger partial charge in [0.25, 0.3) is 0 Å². The Labute approximate surface area is 216 Å². The minimum atomic E-state index is -1.99. The number of hydrogen-bond acceptors (Lipinski definition) is 7. The molecule has 2 aromatic rings. The van der Waals surface area contributed by atoms with Crippen LogP contribution in [-0.2, 0) is 26.0 Å². The normalized spacial score (nSPS) is 17.9. The number of ether oxygens (including phenoxy) is 1. The lowest BCUT2D eigenvalue weighted by molar-refractivity contribution is -0.121. The SMILES string of the molecule is CCNc1nc(CO[Si](C)(C)C(C)(C)C)nc2c1C(C)(C)C(=O)N2c1ccc(N2CCOCC2)cc1. The minimum absolute atomic E-state index is 0.00691. The number of hydrogen-bond donors (Lipinski definition) is 1. The zero-order valence-corrected chi connectivity index (χ0v) is 24.1. The molecule has 0 bridgehead atoms. The van der Waals surface area contributed by atoms with Gasteiger partial charge in [-0.1, -0.05) is 20.8 Å². The van der Waals surface area contributed by atoms with Crippen LogP contribution < -0.4 is 15.1 Å². The Morgan fingerprint density at radius 2 is 1.69 bits per heavy atom. The molecule has 3 heterocycles. The molecule has 2 aliphatic heterocycles. The third-order valence-corrected chi connectivity index (χ3v) is 12.2. The summed E-state index contributed by atoms with van der Waals surface area (Å²) in [5.74, 6) is 1.94. The lowest BCUT2D eigenvalue weighted by atomic mass is 9.87. The average Bonchev–Trinajstić information content (AvgIpc) is 3.03. The third kappa shape index (κ3) is 4.88. The lowest BCUT2D eigenvalue weighted by Crippen LogP contribution is -2.40. The molecule has 4 rings (SSSR count). The van der Waals surface area contributed by atoms with Crippen molar-refractivity contribution >= 4 is 37.2 Å². The maximum absolute atomic E-state index is 13.8. The highest BCUT2D eigenvalue weighted by Crippen LogP contribution is 2.47. The lowest BCUT2D eigenvalue weighted by Gasteiger charge is -2.36. The number of aromatic nitrogens is 2. The van der Waals surface area contributed by atoms with Crippen LogP contribution in [0.1, 0.15) is 52.9 Å².